The van der Waals surface area contributed by atoms with Gasteiger partial charge in [0.2, 0.25) is 0 Å². The summed E-state index contributed by atoms with van der Waals surface area (Å²) < 4.78 is 10.9. The number of ketones is 1. The Bertz CT molecular complexity index is 198. The van der Waals surface area contributed by atoms with Gasteiger partial charge in [0.05, 0.1) is 6.10 Å². The van der Waals surface area contributed by atoms with Gasteiger partial charge in [0.25, 0.3) is 0 Å². The maximum absolute atomic E-state index is 11.1. The Balaban J connectivity index is 1.69. The van der Waals surface area contributed by atoms with Crippen LogP contribution in [-0.2, 0) is 14.3 Å². The Morgan fingerprint density at radius 1 is 1.38 bits per heavy atom. The van der Waals surface area contributed by atoms with Crippen LogP contribution in [0.1, 0.15) is 26.2 Å². The molecule has 0 aromatic rings. The maximum Gasteiger partial charge on any atom is 0.166 e. The van der Waals surface area contributed by atoms with Gasteiger partial charge in [-0.1, -0.05) is 0 Å². The molecule has 0 heterocycles. The highest BCUT2D eigenvalue weighted by Gasteiger charge is 2.42. The fourth-order valence-corrected chi connectivity index (χ4v) is 1.54. The molecule has 2 fully saturated rings. The number of ether oxygens (including phenoxy) is 2. The molecular weight excluding hydrogens is 168 g/mol. The van der Waals surface area contributed by atoms with Crippen LogP contribution in [0.5, 0.6) is 0 Å². The zero-order chi connectivity index (χ0) is 9.26. The van der Waals surface area contributed by atoms with E-state index in [9.17, 15) is 4.79 Å². The number of carbonyl (C=O) groups excluding carboxylic acids is 1. The smallest absolute Gasteiger partial charge is 0.166 e. The highest BCUT2D eigenvalue weighted by Crippen LogP contribution is 2.31. The molecule has 2 atom stereocenters. The zero-order valence-corrected chi connectivity index (χ0v) is 7.99. The van der Waals surface area contributed by atoms with E-state index in [2.05, 4.69) is 0 Å². The summed E-state index contributed by atoms with van der Waals surface area (Å²) in [5.74, 6) is 0.959. The summed E-state index contributed by atoms with van der Waals surface area (Å²) in [6.07, 6.45) is 2.92. The Hall–Kier alpha value is -0.410. The Kier molecular flexibility index (Phi) is 2.65. The second-order valence-electron chi connectivity index (χ2n) is 3.86. The van der Waals surface area contributed by atoms with Crippen molar-refractivity contribution in [2.24, 2.45) is 5.92 Å². The molecular formula is C10H16O3. The molecule has 2 unspecified atom stereocenters. The van der Waals surface area contributed by atoms with Gasteiger partial charge >= 0.3 is 0 Å². The molecule has 0 bridgehead atoms. The third-order valence-electron chi connectivity index (χ3n) is 2.65. The van der Waals surface area contributed by atoms with Crippen molar-refractivity contribution >= 4 is 5.78 Å². The fourth-order valence-electron chi connectivity index (χ4n) is 1.54. The van der Waals surface area contributed by atoms with Crippen LogP contribution >= 0.6 is 0 Å². The van der Waals surface area contributed by atoms with Gasteiger partial charge in [-0.3, -0.25) is 4.79 Å². The third-order valence-corrected chi connectivity index (χ3v) is 2.65. The van der Waals surface area contributed by atoms with E-state index in [-0.39, 0.29) is 18.0 Å². The number of carbonyl (C=O) groups is 1. The van der Waals surface area contributed by atoms with Crippen molar-refractivity contribution in [1.29, 1.82) is 0 Å². The predicted molar refractivity (Wildman–Crippen MR) is 47.5 cm³/mol. The third kappa shape index (κ3) is 2.09. The average Bonchev–Trinajstić information content (AvgIpc) is 2.91. The van der Waals surface area contributed by atoms with E-state index >= 15 is 0 Å². The molecule has 3 nitrogen and oxygen atoms in total. The summed E-state index contributed by atoms with van der Waals surface area (Å²) >= 11 is 0. The van der Waals surface area contributed by atoms with E-state index < -0.39 is 0 Å². The first-order valence-electron chi connectivity index (χ1n) is 5.07. The molecule has 0 spiro atoms. The van der Waals surface area contributed by atoms with Crippen LogP contribution in [0, 0.1) is 5.92 Å². The van der Waals surface area contributed by atoms with Crippen LogP contribution in [0.3, 0.4) is 0 Å². The van der Waals surface area contributed by atoms with Gasteiger partial charge < -0.3 is 9.47 Å². The van der Waals surface area contributed by atoms with Gasteiger partial charge in [-0.05, 0) is 25.7 Å². The van der Waals surface area contributed by atoms with Crippen molar-refractivity contribution < 1.29 is 14.3 Å². The molecule has 3 heteroatoms. The SMILES string of the molecule is CCOC1C(=O)CC1OCC1CC1. The van der Waals surface area contributed by atoms with E-state index in [1.807, 2.05) is 6.92 Å². The molecule has 0 N–H and O–H groups in total. The molecule has 0 aliphatic heterocycles. The number of hydrogen-bond donors (Lipinski definition) is 0. The van der Waals surface area contributed by atoms with Crippen LogP contribution < -0.4 is 0 Å². The van der Waals surface area contributed by atoms with E-state index in [4.69, 9.17) is 9.47 Å². The lowest BCUT2D eigenvalue weighted by Gasteiger charge is -2.34. The van der Waals surface area contributed by atoms with Crippen LogP contribution in [0.4, 0.5) is 0 Å². The molecule has 0 saturated heterocycles. The molecule has 13 heavy (non-hydrogen) atoms. The van der Waals surface area contributed by atoms with Gasteiger partial charge in [0, 0.05) is 19.6 Å². The second kappa shape index (κ2) is 3.76. The predicted octanol–water partition coefficient (Wildman–Crippen LogP) is 1.16. The zero-order valence-electron chi connectivity index (χ0n) is 7.99. The topological polar surface area (TPSA) is 35.5 Å². The minimum absolute atomic E-state index is 0.0491. The average molecular weight is 184 g/mol. The van der Waals surface area contributed by atoms with Crippen molar-refractivity contribution in [2.75, 3.05) is 13.2 Å². The van der Waals surface area contributed by atoms with Crippen LogP contribution in [0.2, 0.25) is 0 Å². The Morgan fingerprint density at radius 3 is 2.69 bits per heavy atom. The van der Waals surface area contributed by atoms with Gasteiger partial charge in [-0.25, -0.2) is 0 Å². The van der Waals surface area contributed by atoms with Crippen LogP contribution in [-0.4, -0.2) is 31.2 Å². The summed E-state index contributed by atoms with van der Waals surface area (Å²) in [4.78, 5) is 11.1. The van der Waals surface area contributed by atoms with Crippen molar-refractivity contribution in [3.8, 4) is 0 Å². The van der Waals surface area contributed by atoms with Crippen LogP contribution in [0.25, 0.3) is 0 Å². The first kappa shape index (κ1) is 9.16. The van der Waals surface area contributed by atoms with Crippen molar-refractivity contribution in [3.63, 3.8) is 0 Å². The highest BCUT2D eigenvalue weighted by molar-refractivity contribution is 5.90. The van der Waals surface area contributed by atoms with Gasteiger partial charge in [-0.2, -0.15) is 0 Å². The molecule has 0 radical (unpaired) electrons. The molecule has 2 aliphatic carbocycles. The van der Waals surface area contributed by atoms with Gasteiger partial charge in [0.15, 0.2) is 5.78 Å². The molecule has 2 aliphatic rings. The summed E-state index contributed by atoms with van der Waals surface area (Å²) in [7, 11) is 0. The number of Topliss-reactive ketones (excluding diaryl/α,β-unsaturated/α-hetero) is 1. The van der Waals surface area contributed by atoms with E-state index in [0.717, 1.165) is 12.5 Å². The molecule has 74 valence electrons. The normalized spacial score (nSPS) is 33.2. The molecule has 2 rings (SSSR count). The largest absolute Gasteiger partial charge is 0.374 e. The van der Waals surface area contributed by atoms with Gasteiger partial charge in [0.1, 0.15) is 6.10 Å². The first-order valence-corrected chi connectivity index (χ1v) is 5.07. The summed E-state index contributed by atoms with van der Waals surface area (Å²) in [6.45, 7) is 3.32. The van der Waals surface area contributed by atoms with Gasteiger partial charge in [-0.15, -0.1) is 0 Å². The van der Waals surface area contributed by atoms with E-state index in [0.29, 0.717) is 13.0 Å². The summed E-state index contributed by atoms with van der Waals surface area (Å²) in [5, 5.41) is 0. The highest BCUT2D eigenvalue weighted by atomic mass is 16.5. The summed E-state index contributed by atoms with van der Waals surface area (Å²) in [5.41, 5.74) is 0. The lowest BCUT2D eigenvalue weighted by Crippen LogP contribution is -2.50. The lowest BCUT2D eigenvalue weighted by atomic mass is 9.90. The quantitative estimate of drug-likeness (QED) is 0.643. The maximum atomic E-state index is 11.1. The van der Waals surface area contributed by atoms with Crippen LogP contribution in [0.15, 0.2) is 0 Å². The molecule has 2 saturated carbocycles. The minimum Gasteiger partial charge on any atom is -0.374 e. The van der Waals surface area contributed by atoms with E-state index in [1.165, 1.54) is 12.8 Å². The van der Waals surface area contributed by atoms with Crippen molar-refractivity contribution in [3.05, 3.63) is 0 Å². The lowest BCUT2D eigenvalue weighted by molar-refractivity contribution is -0.165. The number of rotatable bonds is 5. The second-order valence-corrected chi connectivity index (χ2v) is 3.86. The molecule has 0 aromatic heterocycles. The number of hydrogen-bond acceptors (Lipinski definition) is 3. The molecule has 0 aromatic carbocycles. The standard InChI is InChI=1S/C10H16O3/c1-2-12-10-8(11)5-9(10)13-6-7-3-4-7/h7,9-10H,2-6H2,1H3. The van der Waals surface area contributed by atoms with Crippen molar-refractivity contribution in [1.82, 2.24) is 0 Å². The minimum atomic E-state index is -0.260. The summed E-state index contributed by atoms with van der Waals surface area (Å²) in [6, 6.07) is 0. The first-order chi connectivity index (χ1) is 6.31. The Morgan fingerprint density at radius 2 is 2.15 bits per heavy atom. The van der Waals surface area contributed by atoms with Crippen molar-refractivity contribution in [2.45, 2.75) is 38.4 Å². The van der Waals surface area contributed by atoms with E-state index in [1.54, 1.807) is 0 Å². The fraction of sp³-hybridized carbons (Fsp3) is 0.900. The Labute approximate surface area is 78.4 Å². The monoisotopic (exact) mass is 184 g/mol. The molecule has 0 amide bonds.